The van der Waals surface area contributed by atoms with Crippen LogP contribution in [0.1, 0.15) is 111 Å². The quantitative estimate of drug-likeness (QED) is 0.0150. The molecule has 3 N–H and O–H groups in total. The van der Waals surface area contributed by atoms with Gasteiger partial charge in [0, 0.05) is 72.6 Å². The predicted octanol–water partition coefficient (Wildman–Crippen LogP) is 5.02. The van der Waals surface area contributed by atoms with Crippen molar-refractivity contribution in [1.29, 1.82) is 0 Å². The van der Waals surface area contributed by atoms with Gasteiger partial charge in [-0.2, -0.15) is 4.33 Å². The summed E-state index contributed by atoms with van der Waals surface area (Å²) < 4.78 is 47.4. The summed E-state index contributed by atoms with van der Waals surface area (Å²) in [6.07, 6.45) is 13.4. The van der Waals surface area contributed by atoms with Gasteiger partial charge in [0.05, 0.1) is 65.9 Å². The molecule has 22 heteroatoms. The number of unbranched alkanes of at least 4 members (excludes halogenated alkanes) is 3. The van der Waals surface area contributed by atoms with Gasteiger partial charge in [-0.3, -0.25) is 24.2 Å². The highest BCUT2D eigenvalue weighted by molar-refractivity contribution is 7.94. The zero-order chi connectivity index (χ0) is 52.5. The Bertz CT molecular complexity index is 2510. The molecule has 3 aliphatic heterocycles. The average molecular weight is 1050 g/mol. The van der Waals surface area contributed by atoms with Gasteiger partial charge in [-0.25, -0.2) is 4.79 Å². The molecule has 0 aliphatic carbocycles. The number of carbonyl (C=O) groups is 5. The number of ether oxygens (including phenoxy) is 1. The lowest BCUT2D eigenvalue weighted by molar-refractivity contribution is -0.878. The summed E-state index contributed by atoms with van der Waals surface area (Å²) in [7, 11) is 8.38. The molecular weight excluding hydrogens is 984 g/mol. The minimum absolute atomic E-state index is 0.0579. The van der Waals surface area contributed by atoms with Crippen LogP contribution in [0.25, 0.3) is 18.2 Å². The van der Waals surface area contributed by atoms with Crippen molar-refractivity contribution < 1.29 is 70.7 Å². The number of aromatic nitrogens is 1. The minimum atomic E-state index is -4.29. The molecule has 0 radical (unpaired) electrons. The number of hydroxylamine groups is 2. The molecule has 1 saturated heterocycles. The second-order valence-corrected chi connectivity index (χ2v) is 21.4. The standard InChI is InChI=1S/C51H68BF2N7O10S2/c1-37-34-40(58-43(37)36-44-39(14-12-33-73-71-70-67)35-45(46-16-13-32-72-46)59(44)52(58,53)54)22-19-38-20-23-41(24-21-38)68-31-11-17-47(62)56-42(15-8-10-30-61(3,4)5)51(66)55-27-29-57(2)28-9-6-7-18-50(65)69-60-48(63)25-26-49(60)64/h13,16,19-24,32,34-36,42H,6-12,14-15,17-18,25-31,33H2,1-5H3,(H2-,55,56,62,66,67)/p+1/b22-19+. The summed E-state index contributed by atoms with van der Waals surface area (Å²) in [4.78, 5) is 68.8. The van der Waals surface area contributed by atoms with Crippen molar-refractivity contribution in [3.63, 3.8) is 0 Å². The van der Waals surface area contributed by atoms with E-state index < -0.39 is 30.8 Å². The van der Waals surface area contributed by atoms with E-state index in [1.165, 1.54) is 20.7 Å². The van der Waals surface area contributed by atoms with Crippen molar-refractivity contribution in [2.75, 3.05) is 66.7 Å². The molecule has 4 amide bonds. The number of hydrogen-bond acceptors (Lipinski definition) is 12. The first kappa shape index (κ1) is 56.8. The fraction of sp³-hybridized carbons (Fsp3) is 0.490. The Hall–Kier alpha value is -5.49. The molecule has 396 valence electrons. The van der Waals surface area contributed by atoms with Gasteiger partial charge in [-0.15, -0.1) is 16.4 Å². The van der Waals surface area contributed by atoms with E-state index >= 15 is 8.63 Å². The highest BCUT2D eigenvalue weighted by Crippen LogP contribution is 2.40. The number of likely N-dealkylation sites (N-methyl/N-ethyl adjacent to an activating group) is 1. The number of thiophene rings is 1. The molecule has 0 bridgehead atoms. The number of benzene rings is 1. The summed E-state index contributed by atoms with van der Waals surface area (Å²) in [5, 5.41) is 22.0. The van der Waals surface area contributed by atoms with Gasteiger partial charge in [0.15, 0.2) is 11.4 Å². The molecule has 0 saturated carbocycles. The first-order chi connectivity index (χ1) is 34.9. The summed E-state index contributed by atoms with van der Waals surface area (Å²) in [5.41, 5.74) is 4.02. The Labute approximate surface area is 434 Å². The number of quaternary nitrogens is 2. The van der Waals surface area contributed by atoms with Crippen LogP contribution >= 0.6 is 23.4 Å². The van der Waals surface area contributed by atoms with E-state index in [9.17, 15) is 29.2 Å². The Balaban J connectivity index is 0.950. The number of nitrogens with zero attached hydrogens (tertiary/aromatic N) is 4. The van der Waals surface area contributed by atoms with Crippen LogP contribution in [0.3, 0.4) is 0 Å². The van der Waals surface area contributed by atoms with Crippen molar-refractivity contribution in [3.05, 3.63) is 92.6 Å². The SMILES string of the molecule is Cc1cc(/C=C/c2ccc(OCCCC(=O)NC(CCCC[N+](C)(C)C)C(=O)NCC[NH+](C)CCCCCC(=O)ON3C(=O)CCC3=O)cc2)n2c1C=C1C(CCCSOO[O-])=CC(c3cccs3)=[N+]1[B-]2(F)F. The van der Waals surface area contributed by atoms with Crippen molar-refractivity contribution >= 4 is 83.9 Å². The highest BCUT2D eigenvalue weighted by Gasteiger charge is 2.54. The third kappa shape index (κ3) is 16.5. The molecule has 5 heterocycles. The number of nitrogens with one attached hydrogen (secondary N) is 3. The van der Waals surface area contributed by atoms with Crippen LogP contribution in [0.4, 0.5) is 8.63 Å². The van der Waals surface area contributed by atoms with Gasteiger partial charge in [0.1, 0.15) is 11.8 Å². The van der Waals surface area contributed by atoms with Gasteiger partial charge >= 0.3 is 12.9 Å². The van der Waals surface area contributed by atoms with E-state index in [-0.39, 0.29) is 44.1 Å². The zero-order valence-electron chi connectivity index (χ0n) is 42.5. The van der Waals surface area contributed by atoms with Crippen molar-refractivity contribution in [1.82, 2.24) is 20.2 Å². The molecule has 0 spiro atoms. The van der Waals surface area contributed by atoms with Crippen LogP contribution in [0, 0.1) is 6.92 Å². The van der Waals surface area contributed by atoms with Crippen LogP contribution in [0.15, 0.2) is 65.2 Å². The second-order valence-electron chi connectivity index (χ2n) is 19.7. The van der Waals surface area contributed by atoms with E-state index in [1.807, 2.05) is 55.8 Å². The van der Waals surface area contributed by atoms with E-state index in [1.54, 1.807) is 30.4 Å². The van der Waals surface area contributed by atoms with Crippen LogP contribution in [-0.2, 0) is 38.2 Å². The first-order valence-corrected chi connectivity index (χ1v) is 26.9. The normalized spacial score (nSPS) is 16.1. The number of carbonyl (C=O) groups excluding carboxylic acids is 5. The summed E-state index contributed by atoms with van der Waals surface area (Å²) >= 11 is 2.28. The average Bonchev–Trinajstić information content (AvgIpc) is 4.15. The van der Waals surface area contributed by atoms with Crippen LogP contribution in [0.5, 0.6) is 5.75 Å². The molecule has 2 unspecified atom stereocenters. The molecule has 73 heavy (non-hydrogen) atoms. The third-order valence-electron chi connectivity index (χ3n) is 12.8. The fourth-order valence-electron chi connectivity index (χ4n) is 8.95. The van der Waals surface area contributed by atoms with Crippen LogP contribution < -0.4 is 25.5 Å². The molecular formula is C51H69BF2N7O10S2+. The maximum atomic E-state index is 17.0. The third-order valence-corrected chi connectivity index (χ3v) is 14.3. The smallest absolute Gasteiger partial charge is 0.691 e. The summed E-state index contributed by atoms with van der Waals surface area (Å²) in [5.74, 6) is -0.997. The number of amides is 4. The minimum Gasteiger partial charge on any atom is -0.691 e. The number of aryl methyl sites for hydroxylation is 1. The lowest BCUT2D eigenvalue weighted by Gasteiger charge is -2.31. The van der Waals surface area contributed by atoms with Crippen molar-refractivity contribution in [2.24, 2.45) is 0 Å². The number of hydrogen-bond donors (Lipinski definition) is 3. The highest BCUT2D eigenvalue weighted by atomic mass is 32.2. The van der Waals surface area contributed by atoms with Crippen molar-refractivity contribution in [3.8, 4) is 5.75 Å². The Morgan fingerprint density at radius 3 is 2.45 bits per heavy atom. The van der Waals surface area contributed by atoms with Gasteiger partial charge in [-0.05, 0) is 112 Å². The molecule has 6 rings (SSSR count). The number of rotatable bonds is 31. The van der Waals surface area contributed by atoms with Gasteiger partial charge in [0.25, 0.3) is 11.8 Å². The summed E-state index contributed by atoms with van der Waals surface area (Å²) in [6, 6.07) is 12.1. The maximum absolute atomic E-state index is 17.0. The van der Waals surface area contributed by atoms with E-state index in [2.05, 4.69) is 41.1 Å². The predicted molar refractivity (Wildman–Crippen MR) is 275 cm³/mol. The number of allylic oxidation sites excluding steroid dienone is 2. The van der Waals surface area contributed by atoms with Crippen molar-refractivity contribution in [2.45, 2.75) is 96.4 Å². The van der Waals surface area contributed by atoms with Crippen LogP contribution in [-0.4, -0.2) is 134 Å². The lowest BCUT2D eigenvalue weighted by atomic mass is 9.88. The summed E-state index contributed by atoms with van der Waals surface area (Å²) in [6.45, 7) is 0.670. The van der Waals surface area contributed by atoms with E-state index in [4.69, 9.17) is 9.57 Å². The monoisotopic (exact) mass is 1050 g/mol. The molecule has 2 atom stereocenters. The molecule has 1 aromatic carbocycles. The lowest BCUT2D eigenvalue weighted by Crippen LogP contribution is -3.09. The second kappa shape index (κ2) is 27.2. The molecule has 17 nitrogen and oxygen atoms in total. The Kier molecular flexibility index (Phi) is 21.1. The Morgan fingerprint density at radius 2 is 1.74 bits per heavy atom. The van der Waals surface area contributed by atoms with E-state index in [0.717, 1.165) is 81.4 Å². The Morgan fingerprint density at radius 1 is 0.973 bits per heavy atom. The van der Waals surface area contributed by atoms with E-state index in [0.29, 0.717) is 84.6 Å². The first-order valence-electron chi connectivity index (χ1n) is 25.1. The zero-order valence-corrected chi connectivity index (χ0v) is 44.1. The van der Waals surface area contributed by atoms with Gasteiger partial charge in [0.2, 0.25) is 11.8 Å². The molecule has 3 aliphatic rings. The largest absolute Gasteiger partial charge is 0.737 e. The van der Waals surface area contributed by atoms with Crippen LogP contribution in [0.2, 0.25) is 0 Å². The fourth-order valence-corrected chi connectivity index (χ4v) is 10.1. The molecule has 2 aromatic heterocycles. The topological polar surface area (TPSA) is 185 Å². The number of fused-ring (bicyclic) bond motifs is 2. The van der Waals surface area contributed by atoms with Gasteiger partial charge in [-0.1, -0.05) is 24.3 Å². The maximum Gasteiger partial charge on any atom is 0.737 e. The number of imide groups is 1. The number of halogens is 2. The molecule has 3 aromatic rings. The van der Waals surface area contributed by atoms with Gasteiger partial charge < -0.3 is 52.4 Å². The molecule has 1 fully saturated rings.